The number of nitrogens with one attached hydrogen (secondary N) is 1. The van der Waals surface area contributed by atoms with Gasteiger partial charge >= 0.3 is 0 Å². The topological polar surface area (TPSA) is 67.2 Å². The standard InChI is InChI=1S/C18H25N3O2/c1-3-15(22)10-11-19-18(23)16-12-20-21(17(16)4-2)13-14-8-6-5-7-9-14/h5-9,12,15,22H,3-4,10-11,13H2,1-2H3,(H,19,23). The minimum Gasteiger partial charge on any atom is -0.393 e. The number of rotatable bonds is 8. The van der Waals surface area contributed by atoms with Crippen LogP contribution in [0, 0.1) is 0 Å². The maximum absolute atomic E-state index is 12.3. The predicted octanol–water partition coefficient (Wildman–Crippen LogP) is 2.38. The summed E-state index contributed by atoms with van der Waals surface area (Å²) in [5.74, 6) is -0.121. The fourth-order valence-electron chi connectivity index (χ4n) is 2.52. The van der Waals surface area contributed by atoms with E-state index in [0.29, 0.717) is 31.5 Å². The molecule has 23 heavy (non-hydrogen) atoms. The van der Waals surface area contributed by atoms with E-state index in [1.54, 1.807) is 6.20 Å². The van der Waals surface area contributed by atoms with Crippen LogP contribution < -0.4 is 5.32 Å². The first-order chi connectivity index (χ1) is 11.2. The van der Waals surface area contributed by atoms with Crippen molar-refractivity contribution in [2.24, 2.45) is 0 Å². The molecule has 0 saturated heterocycles. The zero-order valence-electron chi connectivity index (χ0n) is 13.8. The number of carbonyl (C=O) groups excluding carboxylic acids is 1. The van der Waals surface area contributed by atoms with Crippen LogP contribution in [0.5, 0.6) is 0 Å². The highest BCUT2D eigenvalue weighted by atomic mass is 16.3. The lowest BCUT2D eigenvalue weighted by atomic mass is 10.1. The molecule has 0 aliphatic carbocycles. The second-order valence-corrected chi connectivity index (χ2v) is 5.61. The molecule has 2 aromatic rings. The van der Waals surface area contributed by atoms with Crippen LogP contribution in [0.4, 0.5) is 0 Å². The van der Waals surface area contributed by atoms with Crippen molar-refractivity contribution in [3.63, 3.8) is 0 Å². The fourth-order valence-corrected chi connectivity index (χ4v) is 2.52. The van der Waals surface area contributed by atoms with E-state index in [4.69, 9.17) is 0 Å². The van der Waals surface area contributed by atoms with Gasteiger partial charge in [0.2, 0.25) is 0 Å². The summed E-state index contributed by atoms with van der Waals surface area (Å²) in [4.78, 5) is 12.3. The summed E-state index contributed by atoms with van der Waals surface area (Å²) in [6.45, 7) is 5.08. The van der Waals surface area contributed by atoms with Crippen LogP contribution >= 0.6 is 0 Å². The van der Waals surface area contributed by atoms with Crippen LogP contribution in [0.3, 0.4) is 0 Å². The Balaban J connectivity index is 2.04. The van der Waals surface area contributed by atoms with E-state index in [1.807, 2.05) is 48.9 Å². The average molecular weight is 315 g/mol. The number of aromatic nitrogens is 2. The van der Waals surface area contributed by atoms with Crippen molar-refractivity contribution in [1.82, 2.24) is 15.1 Å². The smallest absolute Gasteiger partial charge is 0.254 e. The van der Waals surface area contributed by atoms with Gasteiger partial charge in [-0.2, -0.15) is 5.10 Å². The highest BCUT2D eigenvalue weighted by Gasteiger charge is 2.16. The minimum atomic E-state index is -0.359. The number of benzene rings is 1. The summed E-state index contributed by atoms with van der Waals surface area (Å²) in [6.07, 6.45) is 3.29. The third kappa shape index (κ3) is 4.66. The molecule has 0 saturated carbocycles. The summed E-state index contributed by atoms with van der Waals surface area (Å²) in [5.41, 5.74) is 2.71. The fraction of sp³-hybridized carbons (Fsp3) is 0.444. The third-order valence-corrected chi connectivity index (χ3v) is 3.94. The van der Waals surface area contributed by atoms with Gasteiger partial charge in [-0.1, -0.05) is 44.2 Å². The highest BCUT2D eigenvalue weighted by molar-refractivity contribution is 5.95. The molecule has 1 unspecified atom stereocenters. The number of aliphatic hydroxyl groups is 1. The number of hydrogen-bond donors (Lipinski definition) is 2. The van der Waals surface area contributed by atoms with Crippen molar-refractivity contribution in [3.8, 4) is 0 Å². The minimum absolute atomic E-state index is 0.121. The monoisotopic (exact) mass is 315 g/mol. The second-order valence-electron chi connectivity index (χ2n) is 5.61. The predicted molar refractivity (Wildman–Crippen MR) is 90.4 cm³/mol. The van der Waals surface area contributed by atoms with Crippen molar-refractivity contribution in [2.45, 2.75) is 45.8 Å². The zero-order valence-corrected chi connectivity index (χ0v) is 13.8. The van der Waals surface area contributed by atoms with E-state index in [2.05, 4.69) is 10.4 Å². The van der Waals surface area contributed by atoms with Gasteiger partial charge in [-0.25, -0.2) is 0 Å². The molecule has 0 fully saturated rings. The van der Waals surface area contributed by atoms with E-state index in [0.717, 1.165) is 17.7 Å². The third-order valence-electron chi connectivity index (χ3n) is 3.94. The van der Waals surface area contributed by atoms with Crippen molar-refractivity contribution >= 4 is 5.91 Å². The first-order valence-corrected chi connectivity index (χ1v) is 8.20. The molecule has 1 atom stereocenters. The normalized spacial score (nSPS) is 12.1. The highest BCUT2D eigenvalue weighted by Crippen LogP contribution is 2.12. The Labute approximate surface area is 137 Å². The van der Waals surface area contributed by atoms with Crippen LogP contribution in [-0.4, -0.2) is 33.4 Å². The number of aliphatic hydroxyl groups excluding tert-OH is 1. The molecule has 5 heteroatoms. The number of nitrogens with zero attached hydrogens (tertiary/aromatic N) is 2. The Morgan fingerprint density at radius 1 is 1.30 bits per heavy atom. The maximum atomic E-state index is 12.3. The molecule has 1 aromatic heterocycles. The molecule has 0 spiro atoms. The molecular weight excluding hydrogens is 290 g/mol. The van der Waals surface area contributed by atoms with Crippen molar-refractivity contribution in [1.29, 1.82) is 0 Å². The SMILES string of the molecule is CCc1c(C(=O)NCCC(O)CC)cnn1Cc1ccccc1. The molecule has 1 heterocycles. The lowest BCUT2D eigenvalue weighted by molar-refractivity contribution is 0.0941. The summed E-state index contributed by atoms with van der Waals surface area (Å²) in [5, 5.41) is 16.8. The van der Waals surface area contributed by atoms with E-state index in [9.17, 15) is 9.90 Å². The van der Waals surface area contributed by atoms with E-state index < -0.39 is 0 Å². The molecule has 0 aliphatic heterocycles. The van der Waals surface area contributed by atoms with Crippen molar-refractivity contribution < 1.29 is 9.90 Å². The van der Waals surface area contributed by atoms with Gasteiger partial charge in [0.05, 0.1) is 30.1 Å². The summed E-state index contributed by atoms with van der Waals surface area (Å²) < 4.78 is 1.88. The number of hydrogen-bond acceptors (Lipinski definition) is 3. The summed E-state index contributed by atoms with van der Waals surface area (Å²) in [7, 11) is 0. The van der Waals surface area contributed by atoms with E-state index in [-0.39, 0.29) is 12.0 Å². The molecular formula is C18H25N3O2. The Morgan fingerprint density at radius 3 is 2.70 bits per heavy atom. The zero-order chi connectivity index (χ0) is 16.7. The first-order valence-electron chi connectivity index (χ1n) is 8.20. The lowest BCUT2D eigenvalue weighted by Gasteiger charge is -2.10. The summed E-state index contributed by atoms with van der Waals surface area (Å²) >= 11 is 0. The molecule has 0 radical (unpaired) electrons. The Hall–Kier alpha value is -2.14. The van der Waals surface area contributed by atoms with E-state index in [1.165, 1.54) is 0 Å². The lowest BCUT2D eigenvalue weighted by Crippen LogP contribution is -2.27. The number of carbonyl (C=O) groups is 1. The van der Waals surface area contributed by atoms with Gasteiger partial charge in [-0.3, -0.25) is 9.48 Å². The largest absolute Gasteiger partial charge is 0.393 e. The number of amides is 1. The first kappa shape index (κ1) is 17.2. The van der Waals surface area contributed by atoms with Gasteiger partial charge < -0.3 is 10.4 Å². The second kappa shape index (κ2) is 8.48. The van der Waals surface area contributed by atoms with Crippen LogP contribution in [-0.2, 0) is 13.0 Å². The Kier molecular flexibility index (Phi) is 6.35. The molecule has 2 rings (SSSR count). The molecule has 0 bridgehead atoms. The Bertz CT molecular complexity index is 622. The van der Waals surface area contributed by atoms with Gasteiger partial charge in [-0.15, -0.1) is 0 Å². The molecule has 5 nitrogen and oxygen atoms in total. The van der Waals surface area contributed by atoms with Gasteiger partial charge in [0.15, 0.2) is 0 Å². The average Bonchev–Trinajstić information content (AvgIpc) is 2.98. The maximum Gasteiger partial charge on any atom is 0.254 e. The van der Waals surface area contributed by atoms with E-state index >= 15 is 0 Å². The molecule has 124 valence electrons. The van der Waals surface area contributed by atoms with Gasteiger partial charge in [0, 0.05) is 6.54 Å². The molecule has 1 amide bonds. The van der Waals surface area contributed by atoms with Crippen molar-refractivity contribution in [3.05, 3.63) is 53.3 Å². The summed E-state index contributed by atoms with van der Waals surface area (Å²) in [6, 6.07) is 10.1. The quantitative estimate of drug-likeness (QED) is 0.786. The molecule has 2 N–H and O–H groups in total. The van der Waals surface area contributed by atoms with Crippen LogP contribution in [0.15, 0.2) is 36.5 Å². The van der Waals surface area contributed by atoms with Crippen LogP contribution in [0.2, 0.25) is 0 Å². The molecule has 0 aliphatic rings. The Morgan fingerprint density at radius 2 is 2.04 bits per heavy atom. The van der Waals surface area contributed by atoms with Crippen LogP contribution in [0.1, 0.15) is 48.3 Å². The van der Waals surface area contributed by atoms with Gasteiger partial charge in [0.1, 0.15) is 0 Å². The van der Waals surface area contributed by atoms with Gasteiger partial charge in [0.25, 0.3) is 5.91 Å². The van der Waals surface area contributed by atoms with Gasteiger partial charge in [-0.05, 0) is 24.8 Å². The molecule has 1 aromatic carbocycles. The van der Waals surface area contributed by atoms with Crippen LogP contribution in [0.25, 0.3) is 0 Å². The van der Waals surface area contributed by atoms with Crippen molar-refractivity contribution in [2.75, 3.05) is 6.54 Å².